The predicted octanol–water partition coefficient (Wildman–Crippen LogP) is 4.77. The van der Waals surface area contributed by atoms with Gasteiger partial charge in [-0.15, -0.1) is 0 Å². The summed E-state index contributed by atoms with van der Waals surface area (Å²) in [6, 6.07) is 11.2. The fraction of sp³-hybridized carbons (Fsp3) is 0.559. The fourth-order valence-electron chi connectivity index (χ4n) is 7.89. The highest BCUT2D eigenvalue weighted by Crippen LogP contribution is 2.36. The highest BCUT2D eigenvalue weighted by atomic mass is 79.9. The normalized spacial score (nSPS) is 25.0. The van der Waals surface area contributed by atoms with E-state index in [1.807, 2.05) is 29.2 Å². The summed E-state index contributed by atoms with van der Waals surface area (Å²) in [6.45, 7) is 3.93. The van der Waals surface area contributed by atoms with Crippen LogP contribution in [0.3, 0.4) is 0 Å². The number of carbonyl (C=O) groups excluding carboxylic acids is 3. The number of nitrogens with zero attached hydrogens (tertiary/aromatic N) is 3. The molecule has 2 aromatic carbocycles. The Kier molecular flexibility index (Phi) is 10.8. The smallest absolute Gasteiger partial charge is 0.410 e. The van der Waals surface area contributed by atoms with E-state index >= 15 is 0 Å². The molecule has 3 saturated heterocycles. The first kappa shape index (κ1) is 34.2. The summed E-state index contributed by atoms with van der Waals surface area (Å²) in [4.78, 5) is 45.2. The largest absolute Gasteiger partial charge is 0.506 e. The zero-order valence-corrected chi connectivity index (χ0v) is 29.7. The Hall–Kier alpha value is -2.71. The minimum atomic E-state index is -1.08. The van der Waals surface area contributed by atoms with Crippen LogP contribution >= 0.6 is 31.9 Å². The number of piperidine rings is 3. The van der Waals surface area contributed by atoms with Gasteiger partial charge in [0.25, 0.3) is 0 Å². The molecular formula is C34H44Br2N5O6+. The Labute approximate surface area is 292 Å². The maximum Gasteiger partial charge on any atom is 0.410 e. The number of likely N-dealkylation sites (tertiary alicyclic amines) is 2. The number of hydrogen-bond acceptors (Lipinski definition) is 7. The van der Waals surface area contributed by atoms with Gasteiger partial charge in [-0.05, 0) is 93.3 Å². The number of benzene rings is 2. The second kappa shape index (κ2) is 14.8. The molecule has 11 nitrogen and oxygen atoms in total. The van der Waals surface area contributed by atoms with Crippen molar-refractivity contribution in [3.05, 3.63) is 56.5 Å². The average molecular weight is 779 g/mol. The van der Waals surface area contributed by atoms with Crippen LogP contribution in [-0.2, 0) is 22.4 Å². The summed E-state index contributed by atoms with van der Waals surface area (Å²) in [5.74, 6) is -0.129. The summed E-state index contributed by atoms with van der Waals surface area (Å²) >= 11 is 6.79. The number of nitrogens with one attached hydrogen (secondary N) is 2. The van der Waals surface area contributed by atoms with Crippen molar-refractivity contribution in [3.63, 3.8) is 0 Å². The van der Waals surface area contributed by atoms with Gasteiger partial charge in [0, 0.05) is 63.7 Å². The number of ether oxygens (including phenoxy) is 1. The van der Waals surface area contributed by atoms with Crippen molar-refractivity contribution in [2.45, 2.75) is 75.7 Å². The second-order valence-electron chi connectivity index (χ2n) is 13.3. The van der Waals surface area contributed by atoms with E-state index in [2.05, 4.69) is 42.5 Å². The monoisotopic (exact) mass is 776 g/mol. The van der Waals surface area contributed by atoms with Crippen molar-refractivity contribution < 1.29 is 33.8 Å². The Morgan fingerprint density at radius 3 is 2.43 bits per heavy atom. The molecule has 13 heteroatoms. The van der Waals surface area contributed by atoms with Gasteiger partial charge in [0.1, 0.15) is 18.4 Å². The molecule has 0 radical (unpaired) electrons. The summed E-state index contributed by atoms with van der Waals surface area (Å²) in [5, 5.41) is 27.6. The summed E-state index contributed by atoms with van der Waals surface area (Å²) in [7, 11) is 0. The van der Waals surface area contributed by atoms with E-state index in [0.29, 0.717) is 60.9 Å². The number of carbonyl (C=O) groups is 3. The van der Waals surface area contributed by atoms with Crippen LogP contribution in [0.4, 0.5) is 15.3 Å². The Balaban J connectivity index is 1.18. The van der Waals surface area contributed by atoms with E-state index in [1.54, 1.807) is 17.0 Å². The van der Waals surface area contributed by atoms with Crippen LogP contribution in [0.1, 0.15) is 49.7 Å². The average Bonchev–Trinajstić information content (AvgIpc) is 3.25. The van der Waals surface area contributed by atoms with Gasteiger partial charge in [-0.1, -0.05) is 18.2 Å². The molecule has 47 heavy (non-hydrogen) atoms. The molecule has 1 unspecified atom stereocenters. The number of rotatable bonds is 6. The van der Waals surface area contributed by atoms with Crippen LogP contribution in [0.25, 0.3) is 0 Å². The van der Waals surface area contributed by atoms with Crippen molar-refractivity contribution in [3.8, 4) is 5.75 Å². The third-order valence-corrected chi connectivity index (χ3v) is 11.6. The summed E-state index contributed by atoms with van der Waals surface area (Å²) < 4.78 is 7.22. The first-order valence-corrected chi connectivity index (χ1v) is 18.3. The van der Waals surface area contributed by atoms with Crippen LogP contribution < -0.4 is 10.6 Å². The van der Waals surface area contributed by atoms with E-state index < -0.39 is 18.3 Å². The lowest BCUT2D eigenvalue weighted by molar-refractivity contribution is -0.890. The van der Waals surface area contributed by atoms with Crippen molar-refractivity contribution in [1.82, 2.24) is 15.1 Å². The predicted molar refractivity (Wildman–Crippen MR) is 184 cm³/mol. The molecule has 4 aliphatic heterocycles. The Morgan fingerprint density at radius 1 is 1.02 bits per heavy atom. The molecule has 0 bridgehead atoms. The van der Waals surface area contributed by atoms with Crippen molar-refractivity contribution in [2.75, 3.05) is 51.1 Å². The highest BCUT2D eigenvalue weighted by Gasteiger charge is 2.51. The van der Waals surface area contributed by atoms with Crippen LogP contribution in [0, 0.1) is 0 Å². The van der Waals surface area contributed by atoms with Gasteiger partial charge in [-0.3, -0.25) is 4.48 Å². The fourth-order valence-corrected chi connectivity index (χ4v) is 9.17. The first-order valence-electron chi connectivity index (χ1n) is 16.7. The third kappa shape index (κ3) is 7.49. The number of aliphatic hydroxyl groups is 1. The van der Waals surface area contributed by atoms with Crippen molar-refractivity contribution in [1.29, 1.82) is 0 Å². The number of aromatic hydroxyl groups is 1. The maximum absolute atomic E-state index is 14.8. The Bertz CT molecular complexity index is 1460. The number of para-hydroxylation sites is 1. The molecule has 0 saturated carbocycles. The Morgan fingerprint density at radius 2 is 1.72 bits per heavy atom. The number of hydrogen-bond donors (Lipinski definition) is 4. The molecule has 4 N–H and O–H groups in total. The third-order valence-electron chi connectivity index (χ3n) is 10.4. The van der Waals surface area contributed by atoms with Gasteiger partial charge in [0.05, 0.1) is 21.5 Å². The number of fused-ring (bicyclic) bond motifs is 1. The number of amides is 4. The lowest BCUT2D eigenvalue weighted by atomic mass is 9.93. The molecular weight excluding hydrogens is 734 g/mol. The standard InChI is InChI=1S/C34H43Br2N5O6/c35-27-18-22(19-28(36)31(27)43)20-30(32(44)41(17-3-5-26(42)21-41)25-7-12-37-13-8-25)47-34(46)39-14-10-24(11-15-39)40-16-9-23-4-1-2-6-29(23)38-33(40)45/h1-2,4,6,18-19,24-26,30,37,42H,3,5,7-17,20-21H2,(H-,38,43,45)/p+1/t26-,30?,41+/m0/s1. The second-order valence-corrected chi connectivity index (χ2v) is 15.0. The molecule has 4 heterocycles. The molecule has 0 aliphatic carbocycles. The summed E-state index contributed by atoms with van der Waals surface area (Å²) in [6.07, 6.45) is 2.85. The molecule has 0 spiro atoms. The molecule has 4 amide bonds. The molecule has 4 aliphatic rings. The highest BCUT2D eigenvalue weighted by molar-refractivity contribution is 9.11. The van der Waals surface area contributed by atoms with E-state index in [-0.39, 0.29) is 40.7 Å². The van der Waals surface area contributed by atoms with Gasteiger partial charge in [0.2, 0.25) is 6.10 Å². The van der Waals surface area contributed by atoms with Gasteiger partial charge in [-0.25, -0.2) is 14.4 Å². The van der Waals surface area contributed by atoms with Gasteiger partial charge < -0.3 is 35.4 Å². The van der Waals surface area contributed by atoms with E-state index in [9.17, 15) is 24.6 Å². The van der Waals surface area contributed by atoms with Crippen LogP contribution in [0.2, 0.25) is 0 Å². The van der Waals surface area contributed by atoms with Crippen LogP contribution in [0.5, 0.6) is 5.75 Å². The first-order chi connectivity index (χ1) is 22.6. The number of anilines is 1. The summed E-state index contributed by atoms with van der Waals surface area (Å²) in [5.41, 5.74) is 2.68. The topological polar surface area (TPSA) is 131 Å². The number of aliphatic hydroxyl groups excluding tert-OH is 1. The maximum atomic E-state index is 14.8. The van der Waals surface area contributed by atoms with E-state index in [1.165, 1.54) is 0 Å². The van der Waals surface area contributed by atoms with Crippen molar-refractivity contribution in [2.24, 2.45) is 0 Å². The number of phenolic OH excluding ortho intramolecular Hbond substituents is 1. The molecule has 254 valence electrons. The zero-order valence-electron chi connectivity index (χ0n) is 26.5. The van der Waals surface area contributed by atoms with Crippen molar-refractivity contribution >= 4 is 55.6 Å². The van der Waals surface area contributed by atoms with E-state index in [0.717, 1.165) is 55.6 Å². The molecule has 3 fully saturated rings. The molecule has 6 rings (SSSR count). The molecule has 3 atom stereocenters. The van der Waals surface area contributed by atoms with Gasteiger partial charge in [-0.2, -0.15) is 0 Å². The minimum Gasteiger partial charge on any atom is -0.506 e. The number of halogens is 2. The number of quaternary nitrogens is 1. The zero-order chi connectivity index (χ0) is 33.1. The molecule has 2 aromatic rings. The van der Waals surface area contributed by atoms with Gasteiger partial charge in [0.15, 0.2) is 0 Å². The lowest BCUT2D eigenvalue weighted by Crippen LogP contribution is -2.69. The van der Waals surface area contributed by atoms with E-state index in [4.69, 9.17) is 4.74 Å². The lowest BCUT2D eigenvalue weighted by Gasteiger charge is -2.48. The van der Waals surface area contributed by atoms with Crippen LogP contribution in [-0.4, -0.2) is 113 Å². The molecule has 0 aromatic heterocycles. The quantitative estimate of drug-likeness (QED) is 0.311. The van der Waals surface area contributed by atoms with Crippen LogP contribution in [0.15, 0.2) is 45.3 Å². The SMILES string of the molecule is O=C(OC(Cc1cc(Br)c(O)c(Br)c1)C(=O)[N@+]1(C2CCNCC2)CCC[C@H](O)C1)N1CCC(N2CCc3ccccc3NC2=O)CC1. The number of phenols is 1. The number of urea groups is 1. The minimum absolute atomic E-state index is 0.0129. The van der Waals surface area contributed by atoms with Gasteiger partial charge >= 0.3 is 18.0 Å².